The maximum absolute atomic E-state index is 11.6. The second-order valence-corrected chi connectivity index (χ2v) is 15.9. The van der Waals surface area contributed by atoms with E-state index in [-0.39, 0.29) is 17.7 Å². The molecule has 1 N–H and O–H groups in total. The SMILES string of the molecule is O=C1CCC2C(OCc3ccccc3)CCC12.OC1CCC2C1CCC21OCCO1.c1ccc(COC2CCC3C2CCC32OCCO2)cc1. The summed E-state index contributed by atoms with van der Waals surface area (Å²) in [7, 11) is 0. The highest BCUT2D eigenvalue weighted by molar-refractivity contribution is 5.83. The fourth-order valence-electron chi connectivity index (χ4n) is 11.0. The molecule has 2 aliphatic heterocycles. The number of fused-ring (bicyclic) bond motifs is 5. The third-order valence-corrected chi connectivity index (χ3v) is 13.4. The van der Waals surface area contributed by atoms with Crippen LogP contribution in [0.2, 0.25) is 0 Å². The van der Waals surface area contributed by atoms with Gasteiger partial charge in [0.05, 0.1) is 58.0 Å². The van der Waals surface area contributed by atoms with Crippen molar-refractivity contribution in [3.05, 3.63) is 71.8 Å². The van der Waals surface area contributed by atoms with Crippen LogP contribution in [0.1, 0.15) is 88.2 Å². The van der Waals surface area contributed by atoms with Crippen molar-refractivity contribution in [2.24, 2.45) is 35.5 Å². The van der Waals surface area contributed by atoms with Crippen LogP contribution in [0.15, 0.2) is 60.7 Å². The Morgan fingerprint density at radius 1 is 0.580 bits per heavy atom. The van der Waals surface area contributed by atoms with Crippen molar-refractivity contribution in [3.63, 3.8) is 0 Å². The Bertz CT molecular complexity index is 1390. The lowest BCUT2D eigenvalue weighted by atomic mass is 9.96. The van der Waals surface area contributed by atoms with E-state index >= 15 is 0 Å². The molecule has 6 saturated carbocycles. The van der Waals surface area contributed by atoms with Gasteiger partial charge in [-0.25, -0.2) is 0 Å². The van der Waals surface area contributed by atoms with Crippen molar-refractivity contribution < 1.29 is 38.3 Å². The van der Waals surface area contributed by atoms with Crippen LogP contribution in [-0.4, -0.2) is 67.2 Å². The maximum atomic E-state index is 11.6. The zero-order chi connectivity index (χ0) is 34.0. The fourth-order valence-corrected chi connectivity index (χ4v) is 11.0. The number of benzene rings is 2. The summed E-state index contributed by atoms with van der Waals surface area (Å²) in [4.78, 5) is 11.6. The zero-order valence-electron chi connectivity index (χ0n) is 29.5. The molecule has 6 aliphatic carbocycles. The highest BCUT2D eigenvalue weighted by atomic mass is 16.7. The van der Waals surface area contributed by atoms with Gasteiger partial charge in [0.15, 0.2) is 11.6 Å². The Morgan fingerprint density at radius 2 is 1.08 bits per heavy atom. The lowest BCUT2D eigenvalue weighted by molar-refractivity contribution is -0.184. The Hall–Kier alpha value is -2.17. The monoisotopic (exact) mass is 688 g/mol. The third kappa shape index (κ3) is 7.11. The van der Waals surface area contributed by atoms with Gasteiger partial charge in [0.2, 0.25) is 0 Å². The van der Waals surface area contributed by atoms with Crippen LogP contribution in [0, 0.1) is 35.5 Å². The van der Waals surface area contributed by atoms with E-state index in [2.05, 4.69) is 36.4 Å². The molecule has 8 fully saturated rings. The molecule has 2 spiro atoms. The minimum atomic E-state index is -0.290. The van der Waals surface area contributed by atoms with Gasteiger partial charge in [-0.2, -0.15) is 0 Å². The van der Waals surface area contributed by atoms with Crippen LogP contribution in [-0.2, 0) is 46.4 Å². The first-order chi connectivity index (χ1) is 24.5. The molecule has 2 aromatic carbocycles. The number of hydrogen-bond donors (Lipinski definition) is 1. The number of hydrogen-bond acceptors (Lipinski definition) is 8. The first-order valence-corrected chi connectivity index (χ1v) is 19.6. The van der Waals surface area contributed by atoms with Crippen LogP contribution in [0.3, 0.4) is 0 Å². The molecule has 10 rings (SSSR count). The topological polar surface area (TPSA) is 92.7 Å². The molecule has 0 bridgehead atoms. The number of rotatable bonds is 6. The van der Waals surface area contributed by atoms with E-state index in [0.717, 1.165) is 97.2 Å². The van der Waals surface area contributed by atoms with Gasteiger partial charge in [0.25, 0.3) is 0 Å². The predicted molar refractivity (Wildman–Crippen MR) is 187 cm³/mol. The second-order valence-electron chi connectivity index (χ2n) is 15.9. The fraction of sp³-hybridized carbons (Fsp3) is 0.690. The molecule has 9 atom stereocenters. The van der Waals surface area contributed by atoms with Crippen molar-refractivity contribution in [3.8, 4) is 0 Å². The predicted octanol–water partition coefficient (Wildman–Crippen LogP) is 7.01. The van der Waals surface area contributed by atoms with Crippen LogP contribution in [0.5, 0.6) is 0 Å². The van der Waals surface area contributed by atoms with Gasteiger partial charge in [0.1, 0.15) is 5.78 Å². The molecule has 9 unspecified atom stereocenters. The molecule has 2 aromatic rings. The number of aliphatic hydroxyl groups is 1. The second kappa shape index (κ2) is 15.4. The minimum absolute atomic E-state index is 0.0998. The minimum Gasteiger partial charge on any atom is -0.393 e. The molecule has 0 radical (unpaired) electrons. The Balaban J connectivity index is 0.000000111. The van der Waals surface area contributed by atoms with Gasteiger partial charge >= 0.3 is 0 Å². The van der Waals surface area contributed by atoms with E-state index in [4.69, 9.17) is 28.4 Å². The number of ether oxygens (including phenoxy) is 6. The van der Waals surface area contributed by atoms with Gasteiger partial charge in [0, 0.05) is 37.0 Å². The normalized spacial score (nSPS) is 37.0. The van der Waals surface area contributed by atoms with Crippen molar-refractivity contribution in [2.75, 3.05) is 26.4 Å². The summed E-state index contributed by atoms with van der Waals surface area (Å²) in [5.41, 5.74) is 2.48. The van der Waals surface area contributed by atoms with E-state index in [9.17, 15) is 9.90 Å². The molecule has 8 aliphatic rings. The summed E-state index contributed by atoms with van der Waals surface area (Å²) in [5, 5.41) is 9.73. The van der Waals surface area contributed by atoms with Gasteiger partial charge in [-0.15, -0.1) is 0 Å². The molecule has 2 saturated heterocycles. The third-order valence-electron chi connectivity index (χ3n) is 13.4. The lowest BCUT2D eigenvalue weighted by Gasteiger charge is -2.28. The summed E-state index contributed by atoms with van der Waals surface area (Å²) < 4.78 is 35.6. The Labute approximate surface area is 297 Å². The summed E-state index contributed by atoms with van der Waals surface area (Å²) in [6, 6.07) is 20.7. The van der Waals surface area contributed by atoms with E-state index in [1.54, 1.807) is 0 Å². The van der Waals surface area contributed by atoms with Gasteiger partial charge in [-0.05, 0) is 86.7 Å². The van der Waals surface area contributed by atoms with E-state index in [1.165, 1.54) is 24.0 Å². The molecule has 272 valence electrons. The molecule has 8 nitrogen and oxygen atoms in total. The van der Waals surface area contributed by atoms with Crippen molar-refractivity contribution in [1.82, 2.24) is 0 Å². The molecule has 0 aromatic heterocycles. The van der Waals surface area contributed by atoms with Crippen LogP contribution < -0.4 is 0 Å². The number of Topliss-reactive ketones (excluding diaryl/α,β-unsaturated/α-hetero) is 1. The molecular weight excluding hydrogens is 632 g/mol. The quantitative estimate of drug-likeness (QED) is 0.347. The van der Waals surface area contributed by atoms with E-state index in [1.807, 2.05) is 24.3 Å². The molecule has 50 heavy (non-hydrogen) atoms. The highest BCUT2D eigenvalue weighted by Gasteiger charge is 2.58. The van der Waals surface area contributed by atoms with E-state index < -0.39 is 0 Å². The van der Waals surface area contributed by atoms with Crippen LogP contribution in [0.25, 0.3) is 0 Å². The first kappa shape index (κ1) is 34.9. The summed E-state index contributed by atoms with van der Waals surface area (Å²) >= 11 is 0. The Kier molecular flexibility index (Phi) is 10.8. The largest absolute Gasteiger partial charge is 0.393 e. The highest BCUT2D eigenvalue weighted by Crippen LogP contribution is 2.55. The smallest absolute Gasteiger partial charge is 0.171 e. The molecule has 2 heterocycles. The van der Waals surface area contributed by atoms with E-state index in [0.29, 0.717) is 60.1 Å². The van der Waals surface area contributed by atoms with Crippen molar-refractivity contribution >= 4 is 5.78 Å². The first-order valence-electron chi connectivity index (χ1n) is 19.6. The zero-order valence-corrected chi connectivity index (χ0v) is 29.5. The van der Waals surface area contributed by atoms with Crippen LogP contribution >= 0.6 is 0 Å². The Morgan fingerprint density at radius 3 is 1.68 bits per heavy atom. The molecule has 0 amide bonds. The number of carbonyl (C=O) groups is 1. The van der Waals surface area contributed by atoms with Gasteiger partial charge in [-0.3, -0.25) is 4.79 Å². The number of aliphatic hydroxyl groups excluding tert-OH is 1. The lowest BCUT2D eigenvalue weighted by Crippen LogP contribution is -2.35. The number of carbonyl (C=O) groups excluding carboxylic acids is 1. The maximum Gasteiger partial charge on any atom is 0.171 e. The summed E-state index contributed by atoms with van der Waals surface area (Å²) in [6.45, 7) is 4.41. The van der Waals surface area contributed by atoms with Gasteiger partial charge < -0.3 is 33.5 Å². The standard InChI is InChI=1S/C17H22O3.C15H18O2.C10H16O3/c1-2-4-13(5-3-1)12-18-16-7-6-15-14(16)8-9-17(15)19-10-11-20-17;16-14-8-6-13-12(14)7-9-15(13)17-10-11-4-2-1-3-5-11;11-9-2-1-8-7(9)3-4-10(8)12-5-6-13-10/h1-5,14-16H,6-12H2;1-5,12-13,15H,6-10H2;7-9,11H,1-6H2. The average molecular weight is 689 g/mol. The number of ketones is 1. The summed E-state index contributed by atoms with van der Waals surface area (Å²) in [6.07, 6.45) is 13.2. The molecular formula is C42H56O8. The van der Waals surface area contributed by atoms with Crippen molar-refractivity contribution in [1.29, 1.82) is 0 Å². The summed E-state index contributed by atoms with van der Waals surface area (Å²) in [5.74, 6) is 2.82. The molecule has 8 heteroatoms. The van der Waals surface area contributed by atoms with Gasteiger partial charge in [-0.1, -0.05) is 60.7 Å². The van der Waals surface area contributed by atoms with Crippen molar-refractivity contribution in [2.45, 2.75) is 120 Å². The van der Waals surface area contributed by atoms with Crippen LogP contribution in [0.4, 0.5) is 0 Å². The average Bonchev–Trinajstić information content (AvgIpc) is 4.01.